The van der Waals surface area contributed by atoms with E-state index in [2.05, 4.69) is 29.2 Å². The molecule has 0 atom stereocenters. The van der Waals surface area contributed by atoms with E-state index in [1.165, 1.54) is 0 Å². The van der Waals surface area contributed by atoms with Crippen molar-refractivity contribution in [3.8, 4) is 5.75 Å². The summed E-state index contributed by atoms with van der Waals surface area (Å²) in [6.07, 6.45) is 0.708. The predicted octanol–water partition coefficient (Wildman–Crippen LogP) is 3.69. The molecule has 1 N–H and O–H groups in total. The van der Waals surface area contributed by atoms with E-state index in [9.17, 15) is 0 Å². The zero-order chi connectivity index (χ0) is 15.2. The van der Waals surface area contributed by atoms with Crippen LogP contribution in [-0.4, -0.2) is 24.7 Å². The van der Waals surface area contributed by atoms with Crippen LogP contribution in [0.25, 0.3) is 10.4 Å². The summed E-state index contributed by atoms with van der Waals surface area (Å²) >= 11 is 0. The fourth-order valence-electron chi connectivity index (χ4n) is 1.70. The Morgan fingerprint density at radius 1 is 1.20 bits per heavy atom. The highest BCUT2D eigenvalue weighted by molar-refractivity contribution is 5.28. The van der Waals surface area contributed by atoms with E-state index in [1.54, 1.807) is 0 Å². The number of hydrogen-bond acceptors (Lipinski definition) is 3. The summed E-state index contributed by atoms with van der Waals surface area (Å²) in [5, 5.41) is 6.99. The minimum atomic E-state index is -0.411. The largest absolute Gasteiger partial charge is 0.492 e. The molecule has 0 aliphatic rings. The van der Waals surface area contributed by atoms with E-state index in [4.69, 9.17) is 10.3 Å². The summed E-state index contributed by atoms with van der Waals surface area (Å²) in [6, 6.07) is 7.92. The Balaban J connectivity index is 2.63. The van der Waals surface area contributed by atoms with Crippen LogP contribution < -0.4 is 10.1 Å². The Bertz CT molecular complexity index is 473. The van der Waals surface area contributed by atoms with Crippen LogP contribution in [0.2, 0.25) is 0 Å². The lowest BCUT2D eigenvalue weighted by atomic mass is 9.96. The topological polar surface area (TPSA) is 70.0 Å². The lowest BCUT2D eigenvalue weighted by molar-refractivity contribution is 0.217. The zero-order valence-corrected chi connectivity index (χ0v) is 13.0. The molecule has 0 amide bonds. The first-order valence-electron chi connectivity index (χ1n) is 6.75. The van der Waals surface area contributed by atoms with Gasteiger partial charge in [-0.25, -0.2) is 0 Å². The highest BCUT2D eigenvalue weighted by Gasteiger charge is 2.17. The Kier molecular flexibility index (Phi) is 5.43. The second-order valence-corrected chi connectivity index (χ2v) is 6.25. The van der Waals surface area contributed by atoms with Gasteiger partial charge in [-0.3, -0.25) is 0 Å². The van der Waals surface area contributed by atoms with Crippen molar-refractivity contribution in [3.63, 3.8) is 0 Å². The van der Waals surface area contributed by atoms with Crippen molar-refractivity contribution >= 4 is 0 Å². The average Bonchev–Trinajstić information content (AvgIpc) is 2.37. The van der Waals surface area contributed by atoms with Crippen LogP contribution in [0.1, 0.15) is 33.3 Å². The molecule has 0 aliphatic heterocycles. The zero-order valence-electron chi connectivity index (χ0n) is 13.0. The summed E-state index contributed by atoms with van der Waals surface area (Å²) in [6.45, 7) is 8.62. The Hall–Kier alpha value is -1.71. The van der Waals surface area contributed by atoms with Crippen LogP contribution in [0, 0.1) is 0 Å². The minimum Gasteiger partial charge on any atom is -0.492 e. The standard InChI is InChI=1S/C15H24N4O/c1-14(2,18-19-16)10-12-6-8-13(9-7-12)20-11-15(3,4)17-5/h6-9,17H,10-11H2,1-5H3. The first-order valence-corrected chi connectivity index (χ1v) is 6.75. The third-order valence-electron chi connectivity index (χ3n) is 3.15. The summed E-state index contributed by atoms with van der Waals surface area (Å²) < 4.78 is 5.75. The van der Waals surface area contributed by atoms with E-state index in [0.29, 0.717) is 13.0 Å². The van der Waals surface area contributed by atoms with Crippen molar-refractivity contribution in [2.45, 2.75) is 45.2 Å². The second-order valence-electron chi connectivity index (χ2n) is 6.25. The predicted molar refractivity (Wildman–Crippen MR) is 82.0 cm³/mol. The molecule has 110 valence electrons. The molecule has 0 fully saturated rings. The van der Waals surface area contributed by atoms with E-state index in [1.807, 2.05) is 45.2 Å². The van der Waals surface area contributed by atoms with Gasteiger partial charge in [-0.15, -0.1) is 0 Å². The molecule has 0 spiro atoms. The number of nitrogens with zero attached hydrogens (tertiary/aromatic N) is 3. The molecule has 1 aromatic carbocycles. The maximum Gasteiger partial charge on any atom is 0.119 e. The summed E-state index contributed by atoms with van der Waals surface area (Å²) in [5.41, 5.74) is 9.19. The first-order chi connectivity index (χ1) is 9.28. The molecule has 0 aliphatic carbocycles. The van der Waals surface area contributed by atoms with Crippen molar-refractivity contribution < 1.29 is 4.74 Å². The number of rotatable bonds is 7. The Labute approximate surface area is 121 Å². The van der Waals surface area contributed by atoms with Gasteiger partial charge in [0.2, 0.25) is 0 Å². The fraction of sp³-hybridized carbons (Fsp3) is 0.600. The van der Waals surface area contributed by atoms with Gasteiger partial charge in [0.1, 0.15) is 12.4 Å². The number of likely N-dealkylation sites (N-methyl/N-ethyl adjacent to an activating group) is 1. The van der Waals surface area contributed by atoms with Gasteiger partial charge in [0.05, 0.1) is 0 Å². The molecule has 20 heavy (non-hydrogen) atoms. The summed E-state index contributed by atoms with van der Waals surface area (Å²) in [5.74, 6) is 0.846. The maximum atomic E-state index is 8.53. The van der Waals surface area contributed by atoms with E-state index >= 15 is 0 Å². The molecule has 1 rings (SSSR count). The number of hydrogen-bond donors (Lipinski definition) is 1. The molecular formula is C15H24N4O. The van der Waals surface area contributed by atoms with Crippen LogP contribution >= 0.6 is 0 Å². The highest BCUT2D eigenvalue weighted by atomic mass is 16.5. The van der Waals surface area contributed by atoms with Gasteiger partial charge in [-0.2, -0.15) is 0 Å². The molecule has 1 aromatic rings. The molecule has 0 heterocycles. The quantitative estimate of drug-likeness (QED) is 0.468. The van der Waals surface area contributed by atoms with Crippen LogP contribution in [0.5, 0.6) is 5.75 Å². The molecule has 0 unspecified atom stereocenters. The Morgan fingerprint density at radius 2 is 1.80 bits per heavy atom. The highest BCUT2D eigenvalue weighted by Crippen LogP contribution is 2.20. The van der Waals surface area contributed by atoms with Crippen LogP contribution in [0.15, 0.2) is 29.4 Å². The average molecular weight is 276 g/mol. The normalized spacial score (nSPS) is 11.8. The fourth-order valence-corrected chi connectivity index (χ4v) is 1.70. The number of ether oxygens (including phenoxy) is 1. The van der Waals surface area contributed by atoms with Crippen LogP contribution in [0.4, 0.5) is 0 Å². The molecule has 0 aromatic heterocycles. The third-order valence-corrected chi connectivity index (χ3v) is 3.15. The molecule has 0 saturated carbocycles. The molecule has 5 heteroatoms. The molecule has 0 radical (unpaired) electrons. The smallest absolute Gasteiger partial charge is 0.119 e. The molecular weight excluding hydrogens is 252 g/mol. The maximum absolute atomic E-state index is 8.53. The minimum absolute atomic E-state index is 0.0534. The van der Waals surface area contributed by atoms with Gasteiger partial charge >= 0.3 is 0 Å². The van der Waals surface area contributed by atoms with Crippen molar-refractivity contribution in [1.29, 1.82) is 0 Å². The van der Waals surface area contributed by atoms with E-state index in [0.717, 1.165) is 11.3 Å². The van der Waals surface area contributed by atoms with Crippen molar-refractivity contribution in [2.75, 3.05) is 13.7 Å². The van der Waals surface area contributed by atoms with E-state index in [-0.39, 0.29) is 5.54 Å². The second kappa shape index (κ2) is 6.64. The van der Waals surface area contributed by atoms with Gasteiger partial charge in [-0.05, 0) is 50.5 Å². The number of azide groups is 1. The lowest BCUT2D eigenvalue weighted by Crippen LogP contribution is -2.42. The van der Waals surface area contributed by atoms with Crippen molar-refractivity contribution in [3.05, 3.63) is 40.3 Å². The van der Waals surface area contributed by atoms with E-state index < -0.39 is 5.54 Å². The number of benzene rings is 1. The first kappa shape index (κ1) is 16.3. The molecule has 5 nitrogen and oxygen atoms in total. The van der Waals surface area contributed by atoms with Crippen molar-refractivity contribution in [2.24, 2.45) is 5.11 Å². The third kappa shape index (κ3) is 5.51. The number of nitrogens with one attached hydrogen (secondary N) is 1. The Morgan fingerprint density at radius 3 is 2.30 bits per heavy atom. The van der Waals surface area contributed by atoms with Crippen molar-refractivity contribution in [1.82, 2.24) is 5.32 Å². The molecule has 0 saturated heterocycles. The van der Waals surface area contributed by atoms with Gasteiger partial charge in [0, 0.05) is 16.0 Å². The van der Waals surface area contributed by atoms with Gasteiger partial charge < -0.3 is 10.1 Å². The van der Waals surface area contributed by atoms with Gasteiger partial charge in [0.25, 0.3) is 0 Å². The van der Waals surface area contributed by atoms with Gasteiger partial charge in [-0.1, -0.05) is 31.1 Å². The van der Waals surface area contributed by atoms with Crippen LogP contribution in [0.3, 0.4) is 0 Å². The SMILES string of the molecule is CNC(C)(C)COc1ccc(CC(C)(C)N=[N+]=[N-])cc1. The lowest BCUT2D eigenvalue weighted by Gasteiger charge is -2.24. The monoisotopic (exact) mass is 276 g/mol. The summed E-state index contributed by atoms with van der Waals surface area (Å²) in [7, 11) is 1.92. The van der Waals surface area contributed by atoms with Crippen LogP contribution in [-0.2, 0) is 6.42 Å². The van der Waals surface area contributed by atoms with Gasteiger partial charge in [0.15, 0.2) is 0 Å². The summed E-state index contributed by atoms with van der Waals surface area (Å²) in [4.78, 5) is 2.88. The molecule has 0 bridgehead atoms.